The first-order chi connectivity index (χ1) is 18.7. The molecule has 2 aromatic heterocycles. The van der Waals surface area contributed by atoms with E-state index in [-0.39, 0.29) is 17.6 Å². The number of aromatic nitrogens is 5. The van der Waals surface area contributed by atoms with Crippen molar-refractivity contribution in [2.24, 2.45) is 0 Å². The highest BCUT2D eigenvalue weighted by Gasteiger charge is 2.42. The van der Waals surface area contributed by atoms with Crippen LogP contribution in [0.1, 0.15) is 36.7 Å². The lowest BCUT2D eigenvalue weighted by atomic mass is 9.86. The van der Waals surface area contributed by atoms with Gasteiger partial charge in [0, 0.05) is 40.0 Å². The standard InChI is InChI=1S/C28H26ClF3N6O/c1-3-26-22-11-21(34-13-18-4-6-19(29)7-5-18)12-25(32)27(22)36-38(26)17(2)28(39,14-37-16-33-15-35-37)23-9-8-20(30)10-24(23)31/h4-12,15-17,34,39H,3,13-14H2,1-2H3/t17-,28-/m1/s1. The molecule has 39 heavy (non-hydrogen) atoms. The van der Waals surface area contributed by atoms with Crippen LogP contribution in [0.15, 0.2) is 67.3 Å². The Hall–Kier alpha value is -3.89. The highest BCUT2D eigenvalue weighted by Crippen LogP contribution is 2.39. The Bertz CT molecular complexity index is 1610. The molecule has 0 saturated heterocycles. The number of anilines is 1. The van der Waals surface area contributed by atoms with Crippen LogP contribution >= 0.6 is 11.6 Å². The van der Waals surface area contributed by atoms with Crippen LogP contribution in [0.5, 0.6) is 0 Å². The minimum absolute atomic E-state index is 0.124. The van der Waals surface area contributed by atoms with Crippen LogP contribution in [0.25, 0.3) is 10.9 Å². The molecule has 5 aromatic rings. The summed E-state index contributed by atoms with van der Waals surface area (Å²) in [5.41, 5.74) is 0.214. The Morgan fingerprint density at radius 1 is 1.05 bits per heavy atom. The molecule has 0 saturated carbocycles. The smallest absolute Gasteiger partial charge is 0.153 e. The van der Waals surface area contributed by atoms with Crippen molar-refractivity contribution >= 4 is 28.2 Å². The molecule has 0 aliphatic heterocycles. The first kappa shape index (κ1) is 26.7. The largest absolute Gasteiger partial charge is 0.381 e. The van der Waals surface area contributed by atoms with Crippen molar-refractivity contribution in [2.75, 3.05) is 5.32 Å². The van der Waals surface area contributed by atoms with Crippen LogP contribution < -0.4 is 5.32 Å². The number of halogens is 4. The Morgan fingerprint density at radius 3 is 2.49 bits per heavy atom. The maximum atomic E-state index is 15.3. The molecule has 0 radical (unpaired) electrons. The number of fused-ring (bicyclic) bond motifs is 1. The van der Waals surface area contributed by atoms with E-state index in [9.17, 15) is 9.50 Å². The molecule has 0 unspecified atom stereocenters. The summed E-state index contributed by atoms with van der Waals surface area (Å²) < 4.78 is 47.0. The van der Waals surface area contributed by atoms with Crippen molar-refractivity contribution in [3.63, 3.8) is 0 Å². The summed E-state index contributed by atoms with van der Waals surface area (Å²) in [5, 5.41) is 25.0. The Labute approximate surface area is 227 Å². The number of hydrogen-bond acceptors (Lipinski definition) is 5. The average molecular weight is 555 g/mol. The fourth-order valence-electron chi connectivity index (χ4n) is 4.84. The van der Waals surface area contributed by atoms with Gasteiger partial charge < -0.3 is 10.4 Å². The highest BCUT2D eigenvalue weighted by atomic mass is 35.5. The summed E-state index contributed by atoms with van der Waals surface area (Å²) in [6, 6.07) is 12.6. The molecule has 202 valence electrons. The number of aryl methyl sites for hydroxylation is 1. The molecule has 0 fully saturated rings. The van der Waals surface area contributed by atoms with E-state index >= 15 is 8.78 Å². The lowest BCUT2D eigenvalue weighted by Gasteiger charge is -2.35. The van der Waals surface area contributed by atoms with Gasteiger partial charge in [-0.3, -0.25) is 4.68 Å². The molecule has 2 N–H and O–H groups in total. The number of aliphatic hydroxyl groups is 1. The van der Waals surface area contributed by atoms with Gasteiger partial charge in [0.2, 0.25) is 0 Å². The van der Waals surface area contributed by atoms with Crippen molar-refractivity contribution < 1.29 is 18.3 Å². The SMILES string of the molecule is CCc1c2cc(NCc3ccc(Cl)cc3)cc(F)c2nn1[C@H](C)[C@](O)(Cn1cncn1)c1ccc(F)cc1F. The highest BCUT2D eigenvalue weighted by molar-refractivity contribution is 6.30. The molecular weight excluding hydrogens is 529 g/mol. The van der Waals surface area contributed by atoms with Crippen molar-refractivity contribution in [3.8, 4) is 0 Å². The second kappa shape index (κ2) is 10.7. The molecule has 2 heterocycles. The molecular formula is C28H26ClF3N6O. The van der Waals surface area contributed by atoms with E-state index in [0.29, 0.717) is 40.8 Å². The van der Waals surface area contributed by atoms with Crippen LogP contribution in [-0.4, -0.2) is 29.7 Å². The van der Waals surface area contributed by atoms with E-state index in [1.807, 2.05) is 19.1 Å². The van der Waals surface area contributed by atoms with E-state index in [1.165, 1.54) is 34.2 Å². The van der Waals surface area contributed by atoms with Gasteiger partial charge in [-0.2, -0.15) is 10.2 Å². The van der Waals surface area contributed by atoms with Crippen molar-refractivity contribution in [1.29, 1.82) is 0 Å². The zero-order valence-corrected chi connectivity index (χ0v) is 22.0. The van der Waals surface area contributed by atoms with E-state index in [4.69, 9.17) is 11.6 Å². The summed E-state index contributed by atoms with van der Waals surface area (Å²) in [7, 11) is 0. The third-order valence-electron chi connectivity index (χ3n) is 6.93. The predicted octanol–water partition coefficient (Wildman–Crippen LogP) is 6.02. The Kier molecular flexibility index (Phi) is 7.33. The fraction of sp³-hybridized carbons (Fsp3) is 0.250. The first-order valence-corrected chi connectivity index (χ1v) is 12.8. The second-order valence-corrected chi connectivity index (χ2v) is 9.83. The number of nitrogens with one attached hydrogen (secondary N) is 1. The normalized spacial score (nSPS) is 13.9. The number of rotatable bonds is 9. The van der Waals surface area contributed by atoms with Crippen LogP contribution in [-0.2, 0) is 25.1 Å². The molecule has 11 heteroatoms. The van der Waals surface area contributed by atoms with Crippen molar-refractivity contribution in [1.82, 2.24) is 24.5 Å². The lowest BCUT2D eigenvalue weighted by Crippen LogP contribution is -2.41. The first-order valence-electron chi connectivity index (χ1n) is 12.4. The number of nitrogens with zero attached hydrogens (tertiary/aromatic N) is 5. The van der Waals surface area contributed by atoms with Gasteiger partial charge in [0.25, 0.3) is 0 Å². The third kappa shape index (κ3) is 5.22. The lowest BCUT2D eigenvalue weighted by molar-refractivity contribution is -0.0374. The van der Waals surface area contributed by atoms with E-state index in [1.54, 1.807) is 25.1 Å². The minimum Gasteiger partial charge on any atom is -0.381 e. The summed E-state index contributed by atoms with van der Waals surface area (Å²) >= 11 is 5.96. The minimum atomic E-state index is -1.94. The van der Waals surface area contributed by atoms with E-state index < -0.39 is 29.1 Å². The zero-order chi connectivity index (χ0) is 27.7. The van der Waals surface area contributed by atoms with Crippen LogP contribution in [0.3, 0.4) is 0 Å². The Morgan fingerprint density at radius 2 is 1.82 bits per heavy atom. The summed E-state index contributed by atoms with van der Waals surface area (Å²) in [4.78, 5) is 3.90. The van der Waals surface area contributed by atoms with Crippen molar-refractivity contribution in [2.45, 2.75) is 45.0 Å². The average Bonchev–Trinajstić information content (AvgIpc) is 3.55. The summed E-state index contributed by atoms with van der Waals surface area (Å²) in [6.45, 7) is 3.80. The molecule has 2 atom stereocenters. The molecule has 0 aliphatic carbocycles. The van der Waals surface area contributed by atoms with Gasteiger partial charge in [-0.15, -0.1) is 0 Å². The van der Waals surface area contributed by atoms with Gasteiger partial charge in [-0.25, -0.2) is 22.8 Å². The number of benzene rings is 3. The third-order valence-corrected chi connectivity index (χ3v) is 7.18. The van der Waals surface area contributed by atoms with Crippen LogP contribution in [0.4, 0.5) is 18.9 Å². The van der Waals surface area contributed by atoms with Crippen molar-refractivity contribution in [3.05, 3.63) is 107 Å². The monoisotopic (exact) mass is 554 g/mol. The van der Waals surface area contributed by atoms with Gasteiger partial charge in [-0.05, 0) is 49.2 Å². The molecule has 0 aliphatic rings. The van der Waals surface area contributed by atoms with Gasteiger partial charge >= 0.3 is 0 Å². The van der Waals surface area contributed by atoms with Crippen LogP contribution in [0.2, 0.25) is 5.02 Å². The molecule has 0 spiro atoms. The molecule has 0 amide bonds. The molecule has 3 aromatic carbocycles. The molecule has 7 nitrogen and oxygen atoms in total. The van der Waals surface area contributed by atoms with Gasteiger partial charge in [0.05, 0.1) is 12.6 Å². The quantitative estimate of drug-likeness (QED) is 0.233. The second-order valence-electron chi connectivity index (χ2n) is 9.40. The van der Waals surface area contributed by atoms with Gasteiger partial charge in [0.15, 0.2) is 5.82 Å². The summed E-state index contributed by atoms with van der Waals surface area (Å²) in [5.74, 6) is -2.23. The van der Waals surface area contributed by atoms with E-state index in [0.717, 1.165) is 11.6 Å². The van der Waals surface area contributed by atoms with Gasteiger partial charge in [0.1, 0.15) is 35.4 Å². The number of hydrogen-bond donors (Lipinski definition) is 2. The zero-order valence-electron chi connectivity index (χ0n) is 21.2. The fourth-order valence-corrected chi connectivity index (χ4v) is 4.97. The van der Waals surface area contributed by atoms with Gasteiger partial charge in [-0.1, -0.05) is 36.7 Å². The van der Waals surface area contributed by atoms with E-state index in [2.05, 4.69) is 20.5 Å². The summed E-state index contributed by atoms with van der Waals surface area (Å²) in [6.07, 6.45) is 3.13. The Balaban J connectivity index is 1.56. The van der Waals surface area contributed by atoms with Crippen LogP contribution in [0, 0.1) is 17.5 Å². The maximum Gasteiger partial charge on any atom is 0.153 e. The topological polar surface area (TPSA) is 80.8 Å². The maximum absolute atomic E-state index is 15.3. The predicted molar refractivity (Wildman–Crippen MR) is 143 cm³/mol. The molecule has 0 bridgehead atoms. The molecule has 5 rings (SSSR count).